The van der Waals surface area contributed by atoms with E-state index in [-0.39, 0.29) is 13.2 Å². The second-order valence-electron chi connectivity index (χ2n) is 4.13. The number of carbonyl (C=O) groups is 2. The van der Waals surface area contributed by atoms with Crippen LogP contribution in [0.5, 0.6) is 0 Å². The van der Waals surface area contributed by atoms with E-state index in [1.165, 1.54) is 6.08 Å². The summed E-state index contributed by atoms with van der Waals surface area (Å²) in [4.78, 5) is 23.3. The minimum absolute atomic E-state index is 0.282. The average Bonchev–Trinajstić information content (AvgIpc) is 2.45. The predicted molar refractivity (Wildman–Crippen MR) is 76.1 cm³/mol. The fourth-order valence-corrected chi connectivity index (χ4v) is 1.71. The van der Waals surface area contributed by atoms with Gasteiger partial charge in [0.25, 0.3) is 0 Å². The molecule has 0 aliphatic rings. The van der Waals surface area contributed by atoms with Gasteiger partial charge in [0.15, 0.2) is 0 Å². The molecule has 1 aromatic rings. The van der Waals surface area contributed by atoms with Crippen LogP contribution in [0.15, 0.2) is 42.0 Å². The summed E-state index contributed by atoms with van der Waals surface area (Å²) in [6.45, 7) is 4.02. The van der Waals surface area contributed by atoms with Crippen molar-refractivity contribution in [1.82, 2.24) is 0 Å². The minimum Gasteiger partial charge on any atom is -0.463 e. The van der Waals surface area contributed by atoms with Crippen LogP contribution in [0, 0.1) is 0 Å². The Labute approximate surface area is 119 Å². The molecule has 0 heterocycles. The molecular formula is C16H20O4. The van der Waals surface area contributed by atoms with Crippen LogP contribution in [-0.2, 0) is 25.5 Å². The SMILES string of the molecule is CCOC(=O)/C=C(/CCc1ccccc1)C(=O)OCC. The molecule has 0 amide bonds. The Kier molecular flexibility index (Phi) is 7.11. The first-order chi connectivity index (χ1) is 9.67. The molecule has 0 unspecified atom stereocenters. The van der Waals surface area contributed by atoms with Crippen molar-refractivity contribution in [2.24, 2.45) is 0 Å². The lowest BCUT2D eigenvalue weighted by atomic mass is 10.0. The Balaban J connectivity index is 2.72. The lowest BCUT2D eigenvalue weighted by Crippen LogP contribution is -2.12. The molecule has 0 N–H and O–H groups in total. The normalized spacial score (nSPS) is 11.0. The van der Waals surface area contributed by atoms with Gasteiger partial charge in [-0.1, -0.05) is 30.3 Å². The molecular weight excluding hydrogens is 256 g/mol. The zero-order valence-corrected chi connectivity index (χ0v) is 11.9. The van der Waals surface area contributed by atoms with Crippen LogP contribution in [-0.4, -0.2) is 25.2 Å². The number of carbonyl (C=O) groups excluding carboxylic acids is 2. The standard InChI is InChI=1S/C16H20O4/c1-3-19-15(17)12-14(16(18)20-4-2)11-10-13-8-6-5-7-9-13/h5-9,12H,3-4,10-11H2,1-2H3/b14-12-. The number of hydrogen-bond acceptors (Lipinski definition) is 4. The zero-order valence-electron chi connectivity index (χ0n) is 11.9. The van der Waals surface area contributed by atoms with E-state index in [1.54, 1.807) is 13.8 Å². The van der Waals surface area contributed by atoms with Crippen LogP contribution in [0.2, 0.25) is 0 Å². The van der Waals surface area contributed by atoms with Crippen LogP contribution in [0.4, 0.5) is 0 Å². The van der Waals surface area contributed by atoms with Gasteiger partial charge in [0.2, 0.25) is 0 Å². The van der Waals surface area contributed by atoms with Crippen molar-refractivity contribution in [2.45, 2.75) is 26.7 Å². The summed E-state index contributed by atoms with van der Waals surface area (Å²) in [5.41, 5.74) is 1.45. The second-order valence-corrected chi connectivity index (χ2v) is 4.13. The van der Waals surface area contributed by atoms with Crippen LogP contribution in [0.1, 0.15) is 25.8 Å². The summed E-state index contributed by atoms with van der Waals surface area (Å²) in [5, 5.41) is 0. The molecule has 1 aromatic carbocycles. The van der Waals surface area contributed by atoms with Crippen molar-refractivity contribution >= 4 is 11.9 Å². The first-order valence-electron chi connectivity index (χ1n) is 6.75. The molecule has 0 fully saturated rings. The number of hydrogen-bond donors (Lipinski definition) is 0. The quantitative estimate of drug-likeness (QED) is 0.567. The number of ether oxygens (including phenoxy) is 2. The summed E-state index contributed by atoms with van der Waals surface area (Å²) in [6.07, 6.45) is 2.34. The summed E-state index contributed by atoms with van der Waals surface area (Å²) in [7, 11) is 0. The lowest BCUT2D eigenvalue weighted by Gasteiger charge is -2.07. The number of aryl methyl sites for hydroxylation is 1. The van der Waals surface area contributed by atoms with Gasteiger partial charge in [0.05, 0.1) is 13.2 Å². The Morgan fingerprint density at radius 1 is 1.05 bits per heavy atom. The molecule has 4 heteroatoms. The first kappa shape index (κ1) is 16.0. The molecule has 0 spiro atoms. The summed E-state index contributed by atoms with van der Waals surface area (Å²) in [6, 6.07) is 9.77. The van der Waals surface area contributed by atoms with E-state index in [0.29, 0.717) is 18.4 Å². The Hall–Kier alpha value is -2.10. The van der Waals surface area contributed by atoms with Gasteiger partial charge in [0.1, 0.15) is 0 Å². The Morgan fingerprint density at radius 3 is 2.30 bits per heavy atom. The minimum atomic E-state index is -0.511. The fraction of sp³-hybridized carbons (Fsp3) is 0.375. The molecule has 20 heavy (non-hydrogen) atoms. The topological polar surface area (TPSA) is 52.6 Å². The molecule has 0 aliphatic heterocycles. The third-order valence-electron chi connectivity index (χ3n) is 2.64. The van der Waals surface area contributed by atoms with Crippen molar-refractivity contribution < 1.29 is 19.1 Å². The highest BCUT2D eigenvalue weighted by Gasteiger charge is 2.13. The zero-order chi connectivity index (χ0) is 14.8. The van der Waals surface area contributed by atoms with E-state index in [1.807, 2.05) is 30.3 Å². The molecule has 0 aliphatic carbocycles. The maximum absolute atomic E-state index is 11.8. The van der Waals surface area contributed by atoms with Crippen molar-refractivity contribution in [3.8, 4) is 0 Å². The summed E-state index contributed by atoms with van der Waals surface area (Å²) < 4.78 is 9.79. The molecule has 0 aromatic heterocycles. The highest BCUT2D eigenvalue weighted by atomic mass is 16.5. The van der Waals surface area contributed by atoms with E-state index < -0.39 is 11.9 Å². The van der Waals surface area contributed by atoms with Gasteiger partial charge in [-0.05, 0) is 32.3 Å². The predicted octanol–water partition coefficient (Wildman–Crippen LogP) is 2.67. The molecule has 0 saturated heterocycles. The van der Waals surface area contributed by atoms with Gasteiger partial charge in [-0.15, -0.1) is 0 Å². The molecule has 1 rings (SSSR count). The van der Waals surface area contributed by atoms with E-state index in [9.17, 15) is 9.59 Å². The largest absolute Gasteiger partial charge is 0.463 e. The maximum atomic E-state index is 11.8. The molecule has 0 bridgehead atoms. The molecule has 0 atom stereocenters. The van der Waals surface area contributed by atoms with Gasteiger partial charge in [-0.3, -0.25) is 0 Å². The third kappa shape index (κ3) is 5.69. The number of esters is 2. The van der Waals surface area contributed by atoms with Gasteiger partial charge in [-0.25, -0.2) is 9.59 Å². The molecule has 4 nitrogen and oxygen atoms in total. The first-order valence-corrected chi connectivity index (χ1v) is 6.75. The van der Waals surface area contributed by atoms with E-state index in [4.69, 9.17) is 9.47 Å². The number of rotatable bonds is 7. The Morgan fingerprint density at radius 2 is 1.70 bits per heavy atom. The number of benzene rings is 1. The molecule has 0 saturated carbocycles. The Bertz CT molecular complexity index is 463. The lowest BCUT2D eigenvalue weighted by molar-refractivity contribution is -0.141. The summed E-state index contributed by atoms with van der Waals surface area (Å²) >= 11 is 0. The maximum Gasteiger partial charge on any atom is 0.334 e. The van der Waals surface area contributed by atoms with Gasteiger partial charge < -0.3 is 9.47 Å². The van der Waals surface area contributed by atoms with Crippen molar-refractivity contribution in [3.05, 3.63) is 47.5 Å². The van der Waals surface area contributed by atoms with Crippen LogP contribution in [0.25, 0.3) is 0 Å². The van der Waals surface area contributed by atoms with Crippen molar-refractivity contribution in [3.63, 3.8) is 0 Å². The smallest absolute Gasteiger partial charge is 0.334 e. The van der Waals surface area contributed by atoms with Gasteiger partial charge in [0, 0.05) is 11.6 Å². The molecule has 0 radical (unpaired) electrons. The van der Waals surface area contributed by atoms with Gasteiger partial charge >= 0.3 is 11.9 Å². The average molecular weight is 276 g/mol. The van der Waals surface area contributed by atoms with Crippen molar-refractivity contribution in [2.75, 3.05) is 13.2 Å². The van der Waals surface area contributed by atoms with E-state index >= 15 is 0 Å². The van der Waals surface area contributed by atoms with Crippen LogP contribution in [0.3, 0.4) is 0 Å². The van der Waals surface area contributed by atoms with Crippen molar-refractivity contribution in [1.29, 1.82) is 0 Å². The van der Waals surface area contributed by atoms with Gasteiger partial charge in [-0.2, -0.15) is 0 Å². The summed E-state index contributed by atoms with van der Waals surface area (Å²) in [5.74, 6) is -0.972. The van der Waals surface area contributed by atoms with Crippen LogP contribution < -0.4 is 0 Å². The molecule has 108 valence electrons. The van der Waals surface area contributed by atoms with E-state index in [2.05, 4.69) is 0 Å². The van der Waals surface area contributed by atoms with E-state index in [0.717, 1.165) is 5.56 Å². The highest BCUT2D eigenvalue weighted by Crippen LogP contribution is 2.11. The van der Waals surface area contributed by atoms with Crippen LogP contribution >= 0.6 is 0 Å². The fourth-order valence-electron chi connectivity index (χ4n) is 1.71. The highest BCUT2D eigenvalue weighted by molar-refractivity contribution is 5.96. The monoisotopic (exact) mass is 276 g/mol. The third-order valence-corrected chi connectivity index (χ3v) is 2.64. The second kappa shape index (κ2) is 8.91.